The molecular formula is C12H18O2. The fourth-order valence-electron chi connectivity index (χ4n) is 1.14. The lowest BCUT2D eigenvalue weighted by molar-refractivity contribution is 0.0599. The Morgan fingerprint density at radius 2 is 1.86 bits per heavy atom. The molecule has 0 saturated carbocycles. The molecule has 0 aromatic heterocycles. The van der Waals surface area contributed by atoms with Gasteiger partial charge in [-0.3, -0.25) is 0 Å². The smallest absolute Gasteiger partial charge is 0.338 e. The maximum Gasteiger partial charge on any atom is 0.338 e. The summed E-state index contributed by atoms with van der Waals surface area (Å²) in [5.41, 5.74) is 1.70. The minimum absolute atomic E-state index is 0.257. The molecule has 2 nitrogen and oxygen atoms in total. The number of hydrogen-bond acceptors (Lipinski definition) is 2. The molecule has 0 N–H and O–H groups in total. The van der Waals surface area contributed by atoms with Crippen LogP contribution in [0.4, 0.5) is 0 Å². The van der Waals surface area contributed by atoms with E-state index in [0.717, 1.165) is 12.0 Å². The van der Waals surface area contributed by atoms with E-state index in [9.17, 15) is 4.79 Å². The summed E-state index contributed by atoms with van der Waals surface area (Å²) in [6.45, 7) is 6.02. The van der Waals surface area contributed by atoms with E-state index in [0.29, 0.717) is 5.56 Å². The molecule has 1 aromatic carbocycles. The third-order valence-corrected chi connectivity index (χ3v) is 1.80. The summed E-state index contributed by atoms with van der Waals surface area (Å²) >= 11 is 0. The predicted molar refractivity (Wildman–Crippen MR) is 58.5 cm³/mol. The Morgan fingerprint density at radius 1 is 1.29 bits per heavy atom. The number of benzene rings is 1. The second-order valence-electron chi connectivity index (χ2n) is 2.50. The van der Waals surface area contributed by atoms with Gasteiger partial charge >= 0.3 is 5.97 Å². The molecule has 0 aliphatic carbocycles. The maximum absolute atomic E-state index is 11.2. The Hall–Kier alpha value is -1.31. The van der Waals surface area contributed by atoms with Crippen molar-refractivity contribution in [3.05, 3.63) is 35.4 Å². The molecule has 0 unspecified atom stereocenters. The molecule has 2 heteroatoms. The highest BCUT2D eigenvalue weighted by atomic mass is 16.5. The zero-order valence-corrected chi connectivity index (χ0v) is 9.33. The molecule has 0 amide bonds. The highest BCUT2D eigenvalue weighted by Gasteiger charge is 2.08. The molecule has 0 saturated heterocycles. The lowest BCUT2D eigenvalue weighted by Crippen LogP contribution is -2.04. The lowest BCUT2D eigenvalue weighted by Gasteiger charge is -2.03. The average molecular weight is 194 g/mol. The highest BCUT2D eigenvalue weighted by molar-refractivity contribution is 5.90. The van der Waals surface area contributed by atoms with Crippen molar-refractivity contribution in [2.45, 2.75) is 27.2 Å². The van der Waals surface area contributed by atoms with Crippen LogP contribution < -0.4 is 0 Å². The van der Waals surface area contributed by atoms with Crippen LogP contribution in [0.1, 0.15) is 36.7 Å². The van der Waals surface area contributed by atoms with Crippen molar-refractivity contribution in [3.8, 4) is 0 Å². The van der Waals surface area contributed by atoms with E-state index in [1.165, 1.54) is 7.11 Å². The number of rotatable bonds is 2. The van der Waals surface area contributed by atoms with Crippen molar-refractivity contribution in [2.75, 3.05) is 7.11 Å². The predicted octanol–water partition coefficient (Wildman–Crippen LogP) is 3.06. The summed E-state index contributed by atoms with van der Waals surface area (Å²) in [5.74, 6) is -0.257. The van der Waals surface area contributed by atoms with Crippen LogP contribution in [0.3, 0.4) is 0 Å². The molecular weight excluding hydrogens is 176 g/mol. The van der Waals surface area contributed by atoms with Gasteiger partial charge in [0.1, 0.15) is 0 Å². The van der Waals surface area contributed by atoms with E-state index in [2.05, 4.69) is 4.74 Å². The molecule has 78 valence electrons. The summed E-state index contributed by atoms with van der Waals surface area (Å²) in [4.78, 5) is 11.2. The number of carbonyl (C=O) groups excluding carboxylic acids is 1. The quantitative estimate of drug-likeness (QED) is 0.676. The number of aryl methyl sites for hydroxylation is 1. The molecule has 0 heterocycles. The number of ether oxygens (including phenoxy) is 1. The van der Waals surface area contributed by atoms with Gasteiger partial charge in [-0.15, -0.1) is 0 Å². The molecule has 0 spiro atoms. The first-order chi connectivity index (χ1) is 6.79. The minimum Gasteiger partial charge on any atom is -0.465 e. The SMILES string of the molecule is CC.CCc1ccccc1C(=O)OC. The molecule has 0 aliphatic rings. The van der Waals surface area contributed by atoms with Gasteiger partial charge in [0.15, 0.2) is 0 Å². The molecule has 0 bridgehead atoms. The Labute approximate surface area is 85.9 Å². The third-order valence-electron chi connectivity index (χ3n) is 1.80. The van der Waals surface area contributed by atoms with Crippen LogP contribution in [-0.4, -0.2) is 13.1 Å². The van der Waals surface area contributed by atoms with Crippen LogP contribution in [-0.2, 0) is 11.2 Å². The Bertz CT molecular complexity index is 279. The van der Waals surface area contributed by atoms with Crippen LogP contribution in [0.5, 0.6) is 0 Å². The first kappa shape index (κ1) is 12.7. The summed E-state index contributed by atoms with van der Waals surface area (Å²) in [5, 5.41) is 0. The van der Waals surface area contributed by atoms with E-state index in [1.54, 1.807) is 6.07 Å². The van der Waals surface area contributed by atoms with E-state index < -0.39 is 0 Å². The van der Waals surface area contributed by atoms with Crippen molar-refractivity contribution in [2.24, 2.45) is 0 Å². The molecule has 14 heavy (non-hydrogen) atoms. The molecule has 0 fully saturated rings. The van der Waals surface area contributed by atoms with Gasteiger partial charge in [0.2, 0.25) is 0 Å². The van der Waals surface area contributed by atoms with E-state index in [1.807, 2.05) is 39.0 Å². The Morgan fingerprint density at radius 3 is 2.36 bits per heavy atom. The monoisotopic (exact) mass is 194 g/mol. The number of esters is 1. The summed E-state index contributed by atoms with van der Waals surface area (Å²) in [6.07, 6.45) is 0.852. The fourth-order valence-corrected chi connectivity index (χ4v) is 1.14. The van der Waals surface area contributed by atoms with Crippen LogP contribution in [0.2, 0.25) is 0 Å². The molecule has 0 atom stereocenters. The summed E-state index contributed by atoms with van der Waals surface area (Å²) < 4.78 is 4.64. The summed E-state index contributed by atoms with van der Waals surface area (Å²) in [6, 6.07) is 7.48. The zero-order chi connectivity index (χ0) is 11.0. The van der Waals surface area contributed by atoms with Crippen molar-refractivity contribution >= 4 is 5.97 Å². The normalized spacial score (nSPS) is 8.57. The first-order valence-electron chi connectivity index (χ1n) is 4.95. The van der Waals surface area contributed by atoms with E-state index >= 15 is 0 Å². The molecule has 0 aliphatic heterocycles. The van der Waals surface area contributed by atoms with Crippen molar-refractivity contribution in [1.29, 1.82) is 0 Å². The van der Waals surface area contributed by atoms with Gasteiger partial charge in [0.05, 0.1) is 12.7 Å². The second kappa shape index (κ2) is 7.13. The number of hydrogen-bond donors (Lipinski definition) is 0. The van der Waals surface area contributed by atoms with Gasteiger partial charge in [-0.05, 0) is 18.1 Å². The van der Waals surface area contributed by atoms with Crippen LogP contribution in [0, 0.1) is 0 Å². The van der Waals surface area contributed by atoms with Gasteiger partial charge in [0, 0.05) is 0 Å². The molecule has 1 rings (SSSR count). The fraction of sp³-hybridized carbons (Fsp3) is 0.417. The minimum atomic E-state index is -0.257. The lowest BCUT2D eigenvalue weighted by atomic mass is 10.1. The number of carbonyl (C=O) groups is 1. The number of methoxy groups -OCH3 is 1. The average Bonchev–Trinajstić information content (AvgIpc) is 2.30. The standard InChI is InChI=1S/C10H12O2.C2H6/c1-3-8-6-4-5-7-9(8)10(11)12-2;1-2/h4-7H,3H2,1-2H3;1-2H3. The second-order valence-corrected chi connectivity index (χ2v) is 2.50. The van der Waals surface area contributed by atoms with E-state index in [-0.39, 0.29) is 5.97 Å². The largest absolute Gasteiger partial charge is 0.465 e. The third kappa shape index (κ3) is 3.21. The maximum atomic E-state index is 11.2. The van der Waals surface area contributed by atoms with Crippen LogP contribution in [0.15, 0.2) is 24.3 Å². The van der Waals surface area contributed by atoms with Crippen molar-refractivity contribution < 1.29 is 9.53 Å². The van der Waals surface area contributed by atoms with Crippen LogP contribution in [0.25, 0.3) is 0 Å². The van der Waals surface area contributed by atoms with Gasteiger partial charge < -0.3 is 4.74 Å². The molecule has 0 radical (unpaired) electrons. The van der Waals surface area contributed by atoms with Crippen molar-refractivity contribution in [1.82, 2.24) is 0 Å². The zero-order valence-electron chi connectivity index (χ0n) is 9.33. The highest BCUT2D eigenvalue weighted by Crippen LogP contribution is 2.09. The van der Waals surface area contributed by atoms with Crippen molar-refractivity contribution in [3.63, 3.8) is 0 Å². The van der Waals surface area contributed by atoms with Gasteiger partial charge in [-0.2, -0.15) is 0 Å². The van der Waals surface area contributed by atoms with Gasteiger partial charge in [-0.25, -0.2) is 4.79 Å². The van der Waals surface area contributed by atoms with Crippen LogP contribution >= 0.6 is 0 Å². The van der Waals surface area contributed by atoms with Gasteiger partial charge in [0.25, 0.3) is 0 Å². The summed E-state index contributed by atoms with van der Waals surface area (Å²) in [7, 11) is 1.40. The Kier molecular flexibility index (Phi) is 6.46. The van der Waals surface area contributed by atoms with Gasteiger partial charge in [-0.1, -0.05) is 39.0 Å². The molecule has 1 aromatic rings. The Balaban J connectivity index is 0.000000791. The van der Waals surface area contributed by atoms with E-state index in [4.69, 9.17) is 0 Å². The topological polar surface area (TPSA) is 26.3 Å². The first-order valence-corrected chi connectivity index (χ1v) is 4.95.